The van der Waals surface area contributed by atoms with Crippen LogP contribution >= 0.6 is 11.3 Å². The van der Waals surface area contributed by atoms with Crippen molar-refractivity contribution in [3.05, 3.63) is 40.0 Å². The predicted octanol–water partition coefficient (Wildman–Crippen LogP) is 1.49. The van der Waals surface area contributed by atoms with Crippen LogP contribution in [0.25, 0.3) is 0 Å². The van der Waals surface area contributed by atoms with E-state index in [0.29, 0.717) is 12.4 Å². The Morgan fingerprint density at radius 3 is 3.06 bits per heavy atom. The molecule has 0 atom stereocenters. The summed E-state index contributed by atoms with van der Waals surface area (Å²) in [5.41, 5.74) is 7.27. The minimum absolute atomic E-state index is 0.123. The number of hydrogen-bond donors (Lipinski definition) is 2. The third-order valence-electron chi connectivity index (χ3n) is 2.30. The summed E-state index contributed by atoms with van der Waals surface area (Å²) in [6, 6.07) is 3.70. The van der Waals surface area contributed by atoms with Gasteiger partial charge in [-0.2, -0.15) is 0 Å². The molecule has 0 saturated carbocycles. The number of nitrogens with zero attached hydrogens (tertiary/aromatic N) is 2. The second kappa shape index (κ2) is 5.70. The topological polar surface area (TPSA) is 80.9 Å². The van der Waals surface area contributed by atoms with Gasteiger partial charge in [0, 0.05) is 18.1 Å². The van der Waals surface area contributed by atoms with E-state index in [4.69, 9.17) is 5.73 Å². The Hall–Kier alpha value is -1.79. The molecule has 0 aromatic carbocycles. The van der Waals surface area contributed by atoms with Crippen molar-refractivity contribution in [3.63, 3.8) is 0 Å². The highest BCUT2D eigenvalue weighted by Gasteiger charge is 2.08. The van der Waals surface area contributed by atoms with Gasteiger partial charge in [0.2, 0.25) is 5.91 Å². The van der Waals surface area contributed by atoms with E-state index < -0.39 is 0 Å². The van der Waals surface area contributed by atoms with E-state index >= 15 is 0 Å². The molecule has 2 aromatic heterocycles. The van der Waals surface area contributed by atoms with E-state index in [1.165, 1.54) is 11.3 Å². The second-order valence-electron chi connectivity index (χ2n) is 3.88. The quantitative estimate of drug-likeness (QED) is 0.874. The molecule has 0 aliphatic carbocycles. The first-order chi connectivity index (χ1) is 8.67. The molecular weight excluding hydrogens is 248 g/mol. The summed E-state index contributed by atoms with van der Waals surface area (Å²) >= 11 is 1.47. The van der Waals surface area contributed by atoms with Gasteiger partial charge in [0.25, 0.3) is 0 Å². The van der Waals surface area contributed by atoms with Gasteiger partial charge in [0.15, 0.2) is 0 Å². The number of carbonyl (C=O) groups excluding carboxylic acids is 1. The molecule has 0 aliphatic rings. The van der Waals surface area contributed by atoms with Crippen molar-refractivity contribution in [2.75, 3.05) is 5.32 Å². The molecule has 94 valence electrons. The number of amides is 1. The van der Waals surface area contributed by atoms with E-state index in [1.54, 1.807) is 6.20 Å². The third kappa shape index (κ3) is 3.35. The van der Waals surface area contributed by atoms with Crippen molar-refractivity contribution in [1.82, 2.24) is 9.97 Å². The van der Waals surface area contributed by atoms with Gasteiger partial charge in [-0.15, -0.1) is 11.3 Å². The molecule has 0 fully saturated rings. The van der Waals surface area contributed by atoms with Gasteiger partial charge in [0.1, 0.15) is 10.8 Å². The van der Waals surface area contributed by atoms with Crippen LogP contribution in [-0.2, 0) is 17.8 Å². The highest BCUT2D eigenvalue weighted by molar-refractivity contribution is 7.09. The number of hydrogen-bond acceptors (Lipinski definition) is 5. The van der Waals surface area contributed by atoms with Crippen LogP contribution in [-0.4, -0.2) is 15.9 Å². The Bertz CT molecular complexity index is 553. The first-order valence-electron chi connectivity index (χ1n) is 5.53. The number of anilines is 1. The molecule has 1 amide bonds. The third-order valence-corrected chi connectivity index (χ3v) is 3.22. The summed E-state index contributed by atoms with van der Waals surface area (Å²) in [6.45, 7) is 2.36. The van der Waals surface area contributed by atoms with Gasteiger partial charge in [-0.3, -0.25) is 4.79 Å². The van der Waals surface area contributed by atoms with Crippen LogP contribution in [0.1, 0.15) is 16.3 Å². The minimum Gasteiger partial charge on any atom is -0.325 e. The van der Waals surface area contributed by atoms with Crippen LogP contribution in [0.3, 0.4) is 0 Å². The van der Waals surface area contributed by atoms with E-state index in [1.807, 2.05) is 24.4 Å². The molecule has 18 heavy (non-hydrogen) atoms. The first kappa shape index (κ1) is 12.7. The zero-order valence-electron chi connectivity index (χ0n) is 10.0. The molecule has 2 rings (SSSR count). The molecule has 2 heterocycles. The highest BCUT2D eigenvalue weighted by Crippen LogP contribution is 2.11. The van der Waals surface area contributed by atoms with Crippen LogP contribution in [0.2, 0.25) is 0 Å². The number of rotatable bonds is 4. The zero-order chi connectivity index (χ0) is 13.0. The van der Waals surface area contributed by atoms with Crippen molar-refractivity contribution >= 4 is 23.1 Å². The largest absolute Gasteiger partial charge is 0.325 e. The van der Waals surface area contributed by atoms with Crippen molar-refractivity contribution < 1.29 is 4.79 Å². The molecular formula is C12H14N4OS. The Balaban J connectivity index is 1.96. The lowest BCUT2D eigenvalue weighted by Gasteiger charge is -2.03. The van der Waals surface area contributed by atoms with Gasteiger partial charge in [0.05, 0.1) is 12.1 Å². The summed E-state index contributed by atoms with van der Waals surface area (Å²) in [5, 5.41) is 5.43. The summed E-state index contributed by atoms with van der Waals surface area (Å²) in [5.74, 6) is 0.441. The normalized spacial score (nSPS) is 10.3. The Labute approximate surface area is 109 Å². The Morgan fingerprint density at radius 2 is 2.39 bits per heavy atom. The lowest BCUT2D eigenvalue weighted by Crippen LogP contribution is -2.15. The van der Waals surface area contributed by atoms with Crippen LogP contribution < -0.4 is 11.1 Å². The van der Waals surface area contributed by atoms with E-state index in [0.717, 1.165) is 16.3 Å². The lowest BCUT2D eigenvalue weighted by atomic mass is 10.3. The SMILES string of the molecule is Cc1ccnc(NC(=O)Cc2csc(CN)n2)c1. The summed E-state index contributed by atoms with van der Waals surface area (Å²) in [4.78, 5) is 20.1. The van der Waals surface area contributed by atoms with Gasteiger partial charge in [-0.05, 0) is 24.6 Å². The number of nitrogens with one attached hydrogen (secondary N) is 1. The number of thiazole rings is 1. The van der Waals surface area contributed by atoms with Gasteiger partial charge in [-0.25, -0.2) is 9.97 Å². The van der Waals surface area contributed by atoms with E-state index in [9.17, 15) is 4.79 Å². The predicted molar refractivity (Wildman–Crippen MR) is 71.3 cm³/mol. The smallest absolute Gasteiger partial charge is 0.231 e. The van der Waals surface area contributed by atoms with Gasteiger partial charge >= 0.3 is 0 Å². The molecule has 0 aliphatic heterocycles. The van der Waals surface area contributed by atoms with Crippen LogP contribution in [0, 0.1) is 6.92 Å². The van der Waals surface area contributed by atoms with Crippen LogP contribution in [0.15, 0.2) is 23.7 Å². The van der Waals surface area contributed by atoms with Crippen LogP contribution in [0.4, 0.5) is 5.82 Å². The standard InChI is InChI=1S/C12H14N4OS/c1-8-2-3-14-10(4-8)16-11(17)5-9-7-18-12(6-13)15-9/h2-4,7H,5-6,13H2,1H3,(H,14,16,17). The fourth-order valence-electron chi connectivity index (χ4n) is 1.48. The van der Waals surface area contributed by atoms with Crippen molar-refractivity contribution in [2.24, 2.45) is 5.73 Å². The maximum Gasteiger partial charge on any atom is 0.231 e. The lowest BCUT2D eigenvalue weighted by molar-refractivity contribution is -0.115. The van der Waals surface area contributed by atoms with E-state index in [2.05, 4.69) is 15.3 Å². The number of carbonyl (C=O) groups is 1. The highest BCUT2D eigenvalue weighted by atomic mass is 32.1. The second-order valence-corrected chi connectivity index (χ2v) is 4.82. The van der Waals surface area contributed by atoms with Gasteiger partial charge < -0.3 is 11.1 Å². The summed E-state index contributed by atoms with van der Waals surface area (Å²) < 4.78 is 0. The molecule has 5 nitrogen and oxygen atoms in total. The Morgan fingerprint density at radius 1 is 1.56 bits per heavy atom. The number of nitrogens with two attached hydrogens (primary N) is 1. The van der Waals surface area contributed by atoms with Gasteiger partial charge in [-0.1, -0.05) is 0 Å². The fourth-order valence-corrected chi connectivity index (χ4v) is 2.15. The molecule has 0 radical (unpaired) electrons. The molecule has 3 N–H and O–H groups in total. The average Bonchev–Trinajstić information content (AvgIpc) is 2.76. The number of aryl methyl sites for hydroxylation is 1. The summed E-state index contributed by atoms with van der Waals surface area (Å²) in [7, 11) is 0. The number of pyridine rings is 1. The van der Waals surface area contributed by atoms with Crippen LogP contribution in [0.5, 0.6) is 0 Å². The Kier molecular flexibility index (Phi) is 4.01. The van der Waals surface area contributed by atoms with Crippen molar-refractivity contribution in [2.45, 2.75) is 19.9 Å². The first-order valence-corrected chi connectivity index (χ1v) is 6.41. The monoisotopic (exact) mass is 262 g/mol. The van der Waals surface area contributed by atoms with Crippen molar-refractivity contribution in [3.8, 4) is 0 Å². The molecule has 0 spiro atoms. The van der Waals surface area contributed by atoms with E-state index in [-0.39, 0.29) is 12.3 Å². The fraction of sp³-hybridized carbons (Fsp3) is 0.250. The minimum atomic E-state index is -0.123. The average molecular weight is 262 g/mol. The summed E-state index contributed by atoms with van der Waals surface area (Å²) in [6.07, 6.45) is 1.91. The molecule has 0 bridgehead atoms. The molecule has 0 saturated heterocycles. The number of aromatic nitrogens is 2. The maximum atomic E-state index is 11.8. The maximum absolute atomic E-state index is 11.8. The molecule has 2 aromatic rings. The zero-order valence-corrected chi connectivity index (χ0v) is 10.8. The van der Waals surface area contributed by atoms with Crippen molar-refractivity contribution in [1.29, 1.82) is 0 Å². The molecule has 0 unspecified atom stereocenters. The molecule has 6 heteroatoms.